The second-order valence-electron chi connectivity index (χ2n) is 8.61. The van der Waals surface area contributed by atoms with Gasteiger partial charge in [-0.15, -0.1) is 23.1 Å². The number of hydrogen-bond acceptors (Lipinski definition) is 8. The van der Waals surface area contributed by atoms with Gasteiger partial charge in [0.1, 0.15) is 24.2 Å². The van der Waals surface area contributed by atoms with E-state index in [9.17, 15) is 14.4 Å². The Bertz CT molecular complexity index is 1320. The van der Waals surface area contributed by atoms with Gasteiger partial charge in [0.05, 0.1) is 12.6 Å². The van der Waals surface area contributed by atoms with Crippen molar-refractivity contribution in [1.29, 1.82) is 0 Å². The van der Waals surface area contributed by atoms with Gasteiger partial charge in [0.25, 0.3) is 5.91 Å². The van der Waals surface area contributed by atoms with E-state index in [1.807, 2.05) is 78.2 Å². The van der Waals surface area contributed by atoms with Crippen molar-refractivity contribution in [3.8, 4) is 0 Å². The summed E-state index contributed by atoms with van der Waals surface area (Å²) in [5.41, 5.74) is 2.22. The topological polar surface area (TPSA) is 97.3 Å². The Labute approximate surface area is 228 Å². The number of β-lactam (4-membered cyclic amide) rings is 1. The second-order valence-corrected chi connectivity index (χ2v) is 10.7. The van der Waals surface area contributed by atoms with E-state index < -0.39 is 23.5 Å². The van der Waals surface area contributed by atoms with Crippen LogP contribution in [0.3, 0.4) is 0 Å². The van der Waals surface area contributed by atoms with Crippen molar-refractivity contribution in [3.05, 3.63) is 105 Å². The van der Waals surface area contributed by atoms with Crippen molar-refractivity contribution >= 4 is 47.1 Å². The number of fused-ring (bicyclic) bond motifs is 1. The minimum Gasteiger partial charge on any atom is -0.448 e. The molecule has 38 heavy (non-hydrogen) atoms. The van der Waals surface area contributed by atoms with E-state index in [-0.39, 0.29) is 23.9 Å². The summed E-state index contributed by atoms with van der Waals surface area (Å²) in [5.74, 6) is -0.862. The van der Waals surface area contributed by atoms with Gasteiger partial charge in [-0.1, -0.05) is 71.9 Å². The summed E-state index contributed by atoms with van der Waals surface area (Å²) >= 11 is 2.93. The molecule has 2 aliphatic rings. The van der Waals surface area contributed by atoms with Crippen LogP contribution in [0.25, 0.3) is 0 Å². The fraction of sp³-hybridized carbons (Fsp3) is 0.214. The highest BCUT2D eigenvalue weighted by molar-refractivity contribution is 8.00. The van der Waals surface area contributed by atoms with Gasteiger partial charge in [-0.25, -0.2) is 4.79 Å². The fourth-order valence-corrected chi connectivity index (χ4v) is 6.39. The quantitative estimate of drug-likeness (QED) is 0.189. The van der Waals surface area contributed by atoms with Crippen LogP contribution in [0.1, 0.15) is 22.1 Å². The van der Waals surface area contributed by atoms with Gasteiger partial charge in [0, 0.05) is 16.2 Å². The second kappa shape index (κ2) is 11.7. The number of thioether (sulfide) groups is 1. The molecule has 10 heteroatoms. The Kier molecular flexibility index (Phi) is 7.90. The van der Waals surface area contributed by atoms with Crippen LogP contribution in [0.15, 0.2) is 94.6 Å². The predicted molar refractivity (Wildman–Crippen MR) is 146 cm³/mol. The summed E-state index contributed by atoms with van der Waals surface area (Å²) in [4.78, 5) is 46.7. The zero-order valence-corrected chi connectivity index (χ0v) is 22.1. The number of nitrogens with one attached hydrogen (secondary N) is 1. The average Bonchev–Trinajstić information content (AvgIpc) is 3.46. The van der Waals surface area contributed by atoms with Gasteiger partial charge in [0.15, 0.2) is 6.10 Å². The van der Waals surface area contributed by atoms with Crippen LogP contribution in [-0.4, -0.2) is 53.2 Å². The number of thiophene rings is 1. The molecule has 5 rings (SSSR count). The fourth-order valence-electron chi connectivity index (χ4n) is 4.39. The molecule has 194 valence electrons. The van der Waals surface area contributed by atoms with Crippen molar-refractivity contribution < 1.29 is 24.0 Å². The normalized spacial score (nSPS) is 18.8. The standard InChI is InChI=1S/C28H25N3O5S2/c1-35-29-16-20-17-38-27-23(30-22(32)15-21-13-8-14-37-21)26(33)31(27)24(20)28(34)36-25(18-9-4-2-5-10-18)19-11-6-3-7-12-19/h2-14,16,23,25,27H,15,17H2,1H3,(H,30,32)/b29-16+/t23?,27-/m1/s1. The molecule has 1 N–H and O–H groups in total. The molecular weight excluding hydrogens is 522 g/mol. The van der Waals surface area contributed by atoms with Gasteiger partial charge >= 0.3 is 5.97 Å². The van der Waals surface area contributed by atoms with E-state index in [0.29, 0.717) is 11.3 Å². The lowest BCUT2D eigenvalue weighted by Gasteiger charge is -2.49. The molecule has 2 amide bonds. The van der Waals surface area contributed by atoms with E-state index >= 15 is 0 Å². The molecule has 0 aliphatic carbocycles. The van der Waals surface area contributed by atoms with E-state index in [1.54, 1.807) is 0 Å². The highest BCUT2D eigenvalue weighted by Gasteiger charge is 2.54. The van der Waals surface area contributed by atoms with Gasteiger partial charge in [-0.05, 0) is 22.6 Å². The Morgan fingerprint density at radius 2 is 1.76 bits per heavy atom. The maximum absolute atomic E-state index is 13.7. The number of amides is 2. The van der Waals surface area contributed by atoms with Gasteiger partial charge < -0.3 is 14.9 Å². The smallest absolute Gasteiger partial charge is 0.356 e. The number of hydrogen-bond donors (Lipinski definition) is 1. The average molecular weight is 548 g/mol. The highest BCUT2D eigenvalue weighted by Crippen LogP contribution is 2.41. The molecule has 2 aliphatic heterocycles. The van der Waals surface area contributed by atoms with Gasteiger partial charge in [0.2, 0.25) is 5.91 Å². The first-order valence-electron chi connectivity index (χ1n) is 11.9. The summed E-state index contributed by atoms with van der Waals surface area (Å²) < 4.78 is 6.07. The molecule has 1 saturated heterocycles. The lowest BCUT2D eigenvalue weighted by Crippen LogP contribution is -2.70. The zero-order chi connectivity index (χ0) is 26.5. The molecule has 1 unspecified atom stereocenters. The molecule has 3 heterocycles. The lowest BCUT2D eigenvalue weighted by atomic mass is 10.0. The van der Waals surface area contributed by atoms with Crippen molar-refractivity contribution in [2.75, 3.05) is 12.9 Å². The minimum atomic E-state index is -0.727. The summed E-state index contributed by atoms with van der Waals surface area (Å²) in [6.07, 6.45) is 0.949. The van der Waals surface area contributed by atoms with Crippen molar-refractivity contribution in [2.45, 2.75) is 23.9 Å². The molecule has 2 aromatic carbocycles. The number of carbonyl (C=O) groups is 3. The third-order valence-electron chi connectivity index (χ3n) is 6.17. The number of ether oxygens (including phenoxy) is 1. The predicted octanol–water partition coefficient (Wildman–Crippen LogP) is 3.91. The number of carbonyl (C=O) groups excluding carboxylic acids is 3. The van der Waals surface area contributed by atoms with Crippen molar-refractivity contribution in [1.82, 2.24) is 10.2 Å². The lowest BCUT2D eigenvalue weighted by molar-refractivity contribution is -0.154. The molecule has 0 radical (unpaired) electrons. The summed E-state index contributed by atoms with van der Waals surface area (Å²) in [6, 6.07) is 21.9. The highest BCUT2D eigenvalue weighted by atomic mass is 32.2. The molecule has 0 saturated carbocycles. The Morgan fingerprint density at radius 3 is 2.37 bits per heavy atom. The molecule has 0 spiro atoms. The van der Waals surface area contributed by atoms with Crippen LogP contribution in [0.2, 0.25) is 0 Å². The molecule has 2 atom stereocenters. The Hall–Kier alpha value is -3.89. The van der Waals surface area contributed by atoms with Crippen molar-refractivity contribution in [2.24, 2.45) is 5.16 Å². The Balaban J connectivity index is 1.40. The number of nitrogens with zero attached hydrogens (tertiary/aromatic N) is 2. The molecule has 1 aromatic heterocycles. The Morgan fingerprint density at radius 1 is 1.08 bits per heavy atom. The zero-order valence-electron chi connectivity index (χ0n) is 20.5. The van der Waals surface area contributed by atoms with E-state index in [0.717, 1.165) is 16.0 Å². The minimum absolute atomic E-state index is 0.111. The first kappa shape index (κ1) is 25.7. The maximum atomic E-state index is 13.7. The molecule has 1 fully saturated rings. The first-order valence-corrected chi connectivity index (χ1v) is 13.9. The number of rotatable bonds is 9. The first-order chi connectivity index (χ1) is 18.6. The molecular formula is C28H25N3O5S2. The van der Waals surface area contributed by atoms with Crippen LogP contribution >= 0.6 is 23.1 Å². The number of esters is 1. The van der Waals surface area contributed by atoms with Crippen LogP contribution in [0.4, 0.5) is 0 Å². The maximum Gasteiger partial charge on any atom is 0.356 e. The van der Waals surface area contributed by atoms with Gasteiger partial charge in [-0.3, -0.25) is 14.5 Å². The largest absolute Gasteiger partial charge is 0.448 e. The van der Waals surface area contributed by atoms with Gasteiger partial charge in [-0.2, -0.15) is 0 Å². The number of oxime groups is 1. The summed E-state index contributed by atoms with van der Waals surface area (Å²) in [6.45, 7) is 0. The van der Waals surface area contributed by atoms with E-state index in [1.165, 1.54) is 41.3 Å². The third kappa shape index (κ3) is 5.36. The third-order valence-corrected chi connectivity index (χ3v) is 8.34. The number of benzene rings is 2. The molecule has 8 nitrogen and oxygen atoms in total. The SMILES string of the molecule is CO/N=C/C1=C(C(=O)OC(c2ccccc2)c2ccccc2)N2C(=O)C(NC(=O)Cc3cccs3)[C@H]2SC1. The monoisotopic (exact) mass is 547 g/mol. The van der Waals surface area contributed by atoms with E-state index in [2.05, 4.69) is 10.5 Å². The summed E-state index contributed by atoms with van der Waals surface area (Å²) in [5, 5.41) is 8.14. The molecule has 3 aromatic rings. The molecule has 0 bridgehead atoms. The van der Waals surface area contributed by atoms with E-state index in [4.69, 9.17) is 9.57 Å². The van der Waals surface area contributed by atoms with Crippen LogP contribution in [0.5, 0.6) is 0 Å². The summed E-state index contributed by atoms with van der Waals surface area (Å²) in [7, 11) is 1.41. The van der Waals surface area contributed by atoms with Crippen LogP contribution in [-0.2, 0) is 30.4 Å². The van der Waals surface area contributed by atoms with Crippen molar-refractivity contribution in [3.63, 3.8) is 0 Å². The van der Waals surface area contributed by atoms with Crippen LogP contribution in [0, 0.1) is 0 Å². The van der Waals surface area contributed by atoms with Crippen LogP contribution < -0.4 is 5.32 Å².